The fourth-order valence-corrected chi connectivity index (χ4v) is 4.75. The third-order valence-electron chi connectivity index (χ3n) is 6.62. The van der Waals surface area contributed by atoms with E-state index in [1.54, 1.807) is 0 Å². The Morgan fingerprint density at radius 2 is 1.97 bits per heavy atom. The molecule has 12 heteroatoms. The Morgan fingerprint density at radius 1 is 1.28 bits per heavy atom. The number of fused-ring (bicyclic) bond motifs is 4. The van der Waals surface area contributed by atoms with Crippen LogP contribution in [0.1, 0.15) is 31.2 Å². The molecule has 1 amide bonds. The third-order valence-corrected chi connectivity index (χ3v) is 6.62. The van der Waals surface area contributed by atoms with Crippen molar-refractivity contribution in [2.75, 3.05) is 13.7 Å². The summed E-state index contributed by atoms with van der Waals surface area (Å²) in [6.45, 7) is -0.330. The number of nitrogens with zero attached hydrogens (tertiary/aromatic N) is 2. The van der Waals surface area contributed by atoms with Crippen LogP contribution in [0.25, 0.3) is 11.0 Å². The van der Waals surface area contributed by atoms with E-state index in [9.17, 15) is 27.5 Å². The molecule has 174 valence electrons. The monoisotopic (exact) mass is 459 g/mol. The molecular formula is C20H21F4N3O5. The highest BCUT2D eigenvalue weighted by Gasteiger charge is 2.70. The van der Waals surface area contributed by atoms with Gasteiger partial charge in [0.25, 0.3) is 0 Å². The lowest BCUT2D eigenvalue weighted by Crippen LogP contribution is -2.73. The zero-order valence-electron chi connectivity index (χ0n) is 17.0. The molecule has 32 heavy (non-hydrogen) atoms. The molecule has 8 nitrogen and oxygen atoms in total. The van der Waals surface area contributed by atoms with E-state index in [0.29, 0.717) is 0 Å². The molecule has 1 unspecified atom stereocenters. The molecular weight excluding hydrogens is 438 g/mol. The molecule has 3 aliphatic rings. The van der Waals surface area contributed by atoms with E-state index in [0.717, 1.165) is 6.20 Å². The highest BCUT2D eigenvalue weighted by atomic mass is 19.4. The smallest absolute Gasteiger partial charge is 0.420 e. The Hall–Kier alpha value is -2.73. The van der Waals surface area contributed by atoms with E-state index in [2.05, 4.69) is 15.3 Å². The second-order valence-electron chi connectivity index (χ2n) is 8.33. The molecule has 2 aromatic heterocycles. The van der Waals surface area contributed by atoms with Crippen LogP contribution in [0, 0.1) is 5.82 Å². The molecule has 1 saturated carbocycles. The number of halogens is 4. The van der Waals surface area contributed by atoms with E-state index in [-0.39, 0.29) is 49.2 Å². The maximum absolute atomic E-state index is 14.7. The largest absolute Gasteiger partial charge is 0.481 e. The molecule has 5 rings (SSSR count). The summed E-state index contributed by atoms with van der Waals surface area (Å²) in [5.74, 6) is -0.998. The number of hydrogen-bond donors (Lipinski definition) is 3. The van der Waals surface area contributed by atoms with Crippen molar-refractivity contribution in [1.82, 2.24) is 15.3 Å². The van der Waals surface area contributed by atoms with Gasteiger partial charge in [-0.1, -0.05) is 0 Å². The number of ether oxygens (including phenoxy) is 2. The van der Waals surface area contributed by atoms with Crippen molar-refractivity contribution >= 4 is 17.1 Å². The van der Waals surface area contributed by atoms with Gasteiger partial charge in [-0.25, -0.2) is 14.2 Å². The Kier molecular flexibility index (Phi) is 5.20. The standard InChI is InChI=1S/C20H21F4N3O5/c1-31-14-3-2-13-15(26-14)11(12(21)9-25-13)8-19(30,20(22,23)24)18-6-4-17(5-7-18,10-32-18)27-16(28)29/h2-3,9,27,30H,4-8,10H2,1H3,(H,28,29). The predicted octanol–water partition coefficient (Wildman–Crippen LogP) is 2.96. The van der Waals surface area contributed by atoms with Crippen molar-refractivity contribution in [2.45, 2.75) is 55.0 Å². The lowest BCUT2D eigenvalue weighted by Gasteiger charge is -2.58. The first-order chi connectivity index (χ1) is 14.9. The number of amides is 1. The number of hydrogen-bond acceptors (Lipinski definition) is 6. The summed E-state index contributed by atoms with van der Waals surface area (Å²) < 4.78 is 68.4. The predicted molar refractivity (Wildman–Crippen MR) is 102 cm³/mol. The van der Waals surface area contributed by atoms with Crippen LogP contribution in [0.2, 0.25) is 0 Å². The van der Waals surface area contributed by atoms with E-state index < -0.39 is 46.8 Å². The zero-order valence-corrected chi connectivity index (χ0v) is 17.0. The summed E-state index contributed by atoms with van der Waals surface area (Å²) in [7, 11) is 1.31. The molecule has 3 N–H and O–H groups in total. The van der Waals surface area contributed by atoms with Crippen molar-refractivity contribution in [2.24, 2.45) is 0 Å². The molecule has 0 radical (unpaired) electrons. The molecule has 2 bridgehead atoms. The Bertz CT molecular complexity index is 1040. The van der Waals surface area contributed by atoms with Crippen LogP contribution >= 0.6 is 0 Å². The third kappa shape index (κ3) is 3.41. The lowest BCUT2D eigenvalue weighted by atomic mass is 9.62. The van der Waals surface area contributed by atoms with Crippen molar-refractivity contribution in [3.8, 4) is 5.88 Å². The molecule has 3 fully saturated rings. The average molecular weight is 459 g/mol. The number of nitrogens with one attached hydrogen (secondary N) is 1. The molecule has 2 saturated heterocycles. The number of rotatable bonds is 5. The summed E-state index contributed by atoms with van der Waals surface area (Å²) in [5.41, 5.74) is -7.00. The van der Waals surface area contributed by atoms with Gasteiger partial charge >= 0.3 is 12.3 Å². The van der Waals surface area contributed by atoms with Crippen molar-refractivity contribution in [3.05, 3.63) is 29.7 Å². The van der Waals surface area contributed by atoms with Crippen LogP contribution in [0.5, 0.6) is 5.88 Å². The summed E-state index contributed by atoms with van der Waals surface area (Å²) in [4.78, 5) is 19.0. The van der Waals surface area contributed by atoms with Gasteiger partial charge in [-0.15, -0.1) is 0 Å². The van der Waals surface area contributed by atoms with E-state index in [1.165, 1.54) is 19.2 Å². The maximum Gasteiger partial charge on any atom is 0.420 e. The SMILES string of the molecule is COc1ccc2ncc(F)c(CC(O)(C(F)(F)F)C34CCC(NC(=O)O)(CC3)CO4)c2n1. The number of carboxylic acid groups (broad SMARTS) is 1. The fourth-order valence-electron chi connectivity index (χ4n) is 4.75. The quantitative estimate of drug-likeness (QED) is 0.589. The molecule has 0 aromatic carbocycles. The first-order valence-electron chi connectivity index (χ1n) is 9.87. The zero-order chi connectivity index (χ0) is 23.4. The first-order valence-corrected chi connectivity index (χ1v) is 9.87. The Morgan fingerprint density at radius 3 is 2.50 bits per heavy atom. The minimum absolute atomic E-state index is 0.0450. The van der Waals surface area contributed by atoms with Crippen molar-refractivity contribution in [3.63, 3.8) is 0 Å². The summed E-state index contributed by atoms with van der Waals surface area (Å²) in [6, 6.07) is 2.87. The average Bonchev–Trinajstić information content (AvgIpc) is 2.75. The number of aromatic nitrogens is 2. The highest BCUT2D eigenvalue weighted by Crippen LogP contribution is 2.55. The summed E-state index contributed by atoms with van der Waals surface area (Å²) in [5, 5.41) is 22.5. The minimum Gasteiger partial charge on any atom is -0.481 e. The van der Waals surface area contributed by atoms with Crippen LogP contribution in [0.15, 0.2) is 18.3 Å². The van der Waals surface area contributed by atoms with Crippen molar-refractivity contribution < 1.29 is 42.0 Å². The number of methoxy groups -OCH3 is 1. The number of alkyl halides is 3. The van der Waals surface area contributed by atoms with E-state index >= 15 is 0 Å². The molecule has 2 aromatic rings. The van der Waals surface area contributed by atoms with Crippen molar-refractivity contribution in [1.29, 1.82) is 0 Å². The van der Waals surface area contributed by atoms with Gasteiger partial charge in [0.2, 0.25) is 5.88 Å². The highest BCUT2D eigenvalue weighted by molar-refractivity contribution is 5.78. The van der Waals surface area contributed by atoms with Crippen LogP contribution in [-0.4, -0.2) is 62.9 Å². The Balaban J connectivity index is 1.77. The second-order valence-corrected chi connectivity index (χ2v) is 8.33. The number of aliphatic hydroxyl groups is 1. The number of pyridine rings is 2. The summed E-state index contributed by atoms with van der Waals surface area (Å²) in [6.07, 6.45) is -7.28. The van der Waals surface area contributed by atoms with Gasteiger partial charge in [0, 0.05) is 18.1 Å². The van der Waals surface area contributed by atoms with Gasteiger partial charge in [-0.05, 0) is 31.7 Å². The van der Waals surface area contributed by atoms with Gasteiger partial charge in [0.1, 0.15) is 11.4 Å². The van der Waals surface area contributed by atoms with Crippen LogP contribution in [0.3, 0.4) is 0 Å². The molecule has 0 spiro atoms. The molecule has 2 aliphatic heterocycles. The van der Waals surface area contributed by atoms with Gasteiger partial charge in [-0.2, -0.15) is 13.2 Å². The first kappa shape index (κ1) is 22.5. The van der Waals surface area contributed by atoms with Crippen LogP contribution in [0.4, 0.5) is 22.4 Å². The van der Waals surface area contributed by atoms with E-state index in [1.807, 2.05) is 0 Å². The molecule has 1 atom stereocenters. The van der Waals surface area contributed by atoms with Crippen LogP contribution in [-0.2, 0) is 11.2 Å². The summed E-state index contributed by atoms with van der Waals surface area (Å²) >= 11 is 0. The number of carbonyl (C=O) groups is 1. The Labute approximate surface area is 179 Å². The molecule has 1 aliphatic carbocycles. The van der Waals surface area contributed by atoms with Gasteiger partial charge < -0.3 is 25.0 Å². The van der Waals surface area contributed by atoms with Crippen LogP contribution < -0.4 is 10.1 Å². The lowest BCUT2D eigenvalue weighted by molar-refractivity contribution is -0.350. The van der Waals surface area contributed by atoms with Gasteiger partial charge in [0.15, 0.2) is 5.60 Å². The topological polar surface area (TPSA) is 114 Å². The second kappa shape index (κ2) is 7.41. The van der Waals surface area contributed by atoms with E-state index in [4.69, 9.17) is 14.6 Å². The minimum atomic E-state index is -5.18. The van der Waals surface area contributed by atoms with Gasteiger partial charge in [0.05, 0.1) is 36.5 Å². The normalized spacial score (nSPS) is 27.2. The van der Waals surface area contributed by atoms with Gasteiger partial charge in [-0.3, -0.25) is 4.98 Å². The maximum atomic E-state index is 14.7. The molecule has 4 heterocycles. The fraction of sp³-hybridized carbons (Fsp3) is 0.550.